The van der Waals surface area contributed by atoms with E-state index in [4.69, 9.17) is 0 Å². The van der Waals surface area contributed by atoms with Gasteiger partial charge < -0.3 is 0 Å². The van der Waals surface area contributed by atoms with Crippen molar-refractivity contribution in [2.24, 2.45) is 0 Å². The Bertz CT molecular complexity index is 11.6. The van der Waals surface area contributed by atoms with Crippen LogP contribution in [0.25, 0.3) is 0 Å². The molecule has 0 amide bonds. The minimum absolute atomic E-state index is 0. The van der Waals surface area contributed by atoms with Crippen LogP contribution in [0, 0.1) is 0 Å². The fourth-order valence-electron chi connectivity index (χ4n) is 0. The maximum Gasteiger partial charge on any atom is 0 e. The second kappa shape index (κ2) is 25.4. The van der Waals surface area contributed by atoms with Crippen LogP contribution in [0.15, 0.2) is 0 Å². The Morgan fingerprint density at radius 3 is 1.00 bits per heavy atom. The average Bonchev–Trinajstić information content (AvgIpc) is 0. The molecule has 0 aromatic carbocycles. The van der Waals surface area contributed by atoms with E-state index in [1.54, 1.807) is 0 Å². The molecule has 0 atom stereocenters. The maximum atomic E-state index is 0. The van der Waals surface area contributed by atoms with E-state index in [-0.39, 0.29) is 112 Å². The monoisotopic (exact) mass is 433 g/mol. The van der Waals surface area contributed by atoms with E-state index in [0.29, 0.717) is 0 Å². The van der Waals surface area contributed by atoms with Crippen molar-refractivity contribution in [3.8, 4) is 0 Å². The molecule has 0 saturated carbocycles. The van der Waals surface area contributed by atoms with Gasteiger partial charge in [-0.1, -0.05) is 0 Å². The Morgan fingerprint density at radius 2 is 1.00 bits per heavy atom. The number of rotatable bonds is 0. The fourth-order valence-corrected chi connectivity index (χ4v) is 0. The molecule has 0 nitrogen and oxygen atoms in total. The van der Waals surface area contributed by atoms with Gasteiger partial charge in [0, 0.05) is 112 Å². The summed E-state index contributed by atoms with van der Waals surface area (Å²) >= 11 is 0. The van der Waals surface area contributed by atoms with Gasteiger partial charge in [-0.25, -0.2) is 0 Å². The van der Waals surface area contributed by atoms with Crippen LogP contribution in [-0.4, -0.2) is 23.1 Å². The molecule has 0 bridgehead atoms. The quantitative estimate of drug-likeness (QED) is 0.456. The van der Waals surface area contributed by atoms with Gasteiger partial charge in [0.25, 0.3) is 0 Å². The molecule has 0 aliphatic rings. The molecule has 0 fully saturated rings. The average molecular weight is 434 g/mol. The zero-order valence-corrected chi connectivity index (χ0v) is 13.2. The molecule has 5 radical (unpaired) electrons. The molecule has 5 heavy (non-hydrogen) atoms. The fraction of sp³-hybridized carbons (Fsp3) is 0. The first kappa shape index (κ1) is 37.9. The van der Waals surface area contributed by atoms with E-state index in [1.165, 1.54) is 0 Å². The molecule has 0 unspecified atom stereocenters. The SMILES string of the molecule is [Cu].[Ir].[Mg].[Y].[Zn]. The van der Waals surface area contributed by atoms with Crippen LogP contribution in [-0.2, 0) is 89.4 Å². The molecule has 0 aliphatic carbocycles. The molecular weight excluding hydrogens is 434 g/mol. The summed E-state index contributed by atoms with van der Waals surface area (Å²) in [6.45, 7) is 0. The second-order valence-corrected chi connectivity index (χ2v) is 0. The predicted octanol–water partition coefficient (Wildman–Crippen LogP) is -0.391. The molecule has 0 rings (SSSR count). The summed E-state index contributed by atoms with van der Waals surface area (Å²) in [7, 11) is 0. The maximum absolute atomic E-state index is 0. The van der Waals surface area contributed by atoms with Crippen molar-refractivity contribution in [1.82, 2.24) is 0 Å². The van der Waals surface area contributed by atoms with E-state index in [1.807, 2.05) is 0 Å². The molecule has 0 aromatic rings. The van der Waals surface area contributed by atoms with Gasteiger partial charge >= 0.3 is 0 Å². The molecule has 0 aromatic heterocycles. The zero-order chi connectivity index (χ0) is 0. The molecular formula is CuIrMgYZn. The standard InChI is InChI=1S/Cu.Ir.Mg.Y.Zn. The predicted molar refractivity (Wildman–Crippen MR) is 5.75 cm³/mol. The van der Waals surface area contributed by atoms with Crippen molar-refractivity contribution < 1.29 is 89.4 Å². The largest absolute Gasteiger partial charge is 0 e. The van der Waals surface area contributed by atoms with Crippen LogP contribution >= 0.6 is 0 Å². The Morgan fingerprint density at radius 1 is 1.00 bits per heavy atom. The zero-order valence-electron chi connectivity index (χ0n) is 2.63. The molecule has 0 heterocycles. The smallest absolute Gasteiger partial charge is 0 e. The Kier molecular flexibility index (Phi) is 192. The summed E-state index contributed by atoms with van der Waals surface area (Å²) < 4.78 is 0. The van der Waals surface area contributed by atoms with Gasteiger partial charge in [0.2, 0.25) is 0 Å². The van der Waals surface area contributed by atoms with E-state index in [0.717, 1.165) is 0 Å². The van der Waals surface area contributed by atoms with Gasteiger partial charge in [0.15, 0.2) is 0 Å². The molecule has 5 heteroatoms. The first-order valence-corrected chi connectivity index (χ1v) is 0. The molecule has 0 saturated heterocycles. The third kappa shape index (κ3) is 18.3. The van der Waals surface area contributed by atoms with Crippen molar-refractivity contribution >= 4 is 23.1 Å². The van der Waals surface area contributed by atoms with Gasteiger partial charge in [0.05, 0.1) is 0 Å². The molecule has 0 aliphatic heterocycles. The summed E-state index contributed by atoms with van der Waals surface area (Å²) in [5.41, 5.74) is 0. The Labute approximate surface area is 110 Å². The van der Waals surface area contributed by atoms with Crippen LogP contribution in [0.5, 0.6) is 0 Å². The summed E-state index contributed by atoms with van der Waals surface area (Å²) in [6.07, 6.45) is 0. The van der Waals surface area contributed by atoms with Gasteiger partial charge in [-0.2, -0.15) is 0 Å². The van der Waals surface area contributed by atoms with Crippen molar-refractivity contribution in [2.45, 2.75) is 0 Å². The van der Waals surface area contributed by atoms with Crippen LogP contribution in [0.2, 0.25) is 0 Å². The molecule has 27 valence electrons. The van der Waals surface area contributed by atoms with Gasteiger partial charge in [-0.05, 0) is 0 Å². The normalized spacial score (nSPS) is 0. The minimum Gasteiger partial charge on any atom is 0 e. The minimum atomic E-state index is 0. The summed E-state index contributed by atoms with van der Waals surface area (Å²) in [4.78, 5) is 0. The van der Waals surface area contributed by atoms with Crippen molar-refractivity contribution in [1.29, 1.82) is 0 Å². The van der Waals surface area contributed by atoms with Gasteiger partial charge in [0.1, 0.15) is 0 Å². The van der Waals surface area contributed by atoms with E-state index in [2.05, 4.69) is 0 Å². The van der Waals surface area contributed by atoms with Gasteiger partial charge in [-0.3, -0.25) is 0 Å². The number of hydrogen-bond donors (Lipinski definition) is 0. The van der Waals surface area contributed by atoms with Gasteiger partial charge in [-0.15, -0.1) is 0 Å². The molecule has 0 N–H and O–H groups in total. The van der Waals surface area contributed by atoms with Crippen LogP contribution in [0.4, 0.5) is 0 Å². The van der Waals surface area contributed by atoms with E-state index >= 15 is 0 Å². The third-order valence-corrected chi connectivity index (χ3v) is 0. The third-order valence-electron chi connectivity index (χ3n) is 0. The Hall–Kier alpha value is 3.66. The van der Waals surface area contributed by atoms with Crippen LogP contribution < -0.4 is 0 Å². The van der Waals surface area contributed by atoms with Crippen molar-refractivity contribution in [3.63, 3.8) is 0 Å². The first-order chi connectivity index (χ1) is 0. The van der Waals surface area contributed by atoms with E-state index < -0.39 is 0 Å². The molecule has 0 spiro atoms. The topological polar surface area (TPSA) is 0 Å². The first-order valence-electron chi connectivity index (χ1n) is 0. The number of hydrogen-bond acceptors (Lipinski definition) is 0. The van der Waals surface area contributed by atoms with Crippen LogP contribution in [0.3, 0.4) is 0 Å². The summed E-state index contributed by atoms with van der Waals surface area (Å²) in [6, 6.07) is 0. The van der Waals surface area contributed by atoms with Crippen LogP contribution in [0.1, 0.15) is 0 Å². The van der Waals surface area contributed by atoms with Crippen molar-refractivity contribution in [2.75, 3.05) is 0 Å². The second-order valence-electron chi connectivity index (χ2n) is 0. The summed E-state index contributed by atoms with van der Waals surface area (Å²) in [5, 5.41) is 0. The van der Waals surface area contributed by atoms with E-state index in [9.17, 15) is 0 Å². The summed E-state index contributed by atoms with van der Waals surface area (Å²) in [5.74, 6) is 0. The Balaban J connectivity index is 0. The van der Waals surface area contributed by atoms with Crippen molar-refractivity contribution in [3.05, 3.63) is 0 Å².